The molecule has 0 saturated carbocycles. The Hall–Kier alpha value is -4.22. The summed E-state index contributed by atoms with van der Waals surface area (Å²) in [6, 6.07) is 26.2. The van der Waals surface area contributed by atoms with Gasteiger partial charge < -0.3 is 28.8 Å². The molecular weight excluding hydrogens is 528 g/mol. The second kappa shape index (κ2) is 10.6. The van der Waals surface area contributed by atoms with Gasteiger partial charge in [-0.05, 0) is 41.0 Å². The Kier molecular flexibility index (Phi) is 7.00. The van der Waals surface area contributed by atoms with Crippen LogP contribution < -0.4 is 20.7 Å². The van der Waals surface area contributed by atoms with E-state index in [0.29, 0.717) is 11.5 Å². The number of hydrogen-bond acceptors (Lipinski definition) is 8. The number of nitrogens with zero attached hydrogens (tertiary/aromatic N) is 1. The molecule has 0 spiro atoms. The molecule has 6 rings (SSSR count). The highest BCUT2D eigenvalue weighted by molar-refractivity contribution is 5.49. The van der Waals surface area contributed by atoms with Crippen LogP contribution in [0.1, 0.15) is 22.9 Å². The van der Waals surface area contributed by atoms with E-state index in [1.807, 2.05) is 78.9 Å². The van der Waals surface area contributed by atoms with Crippen molar-refractivity contribution in [3.05, 3.63) is 129 Å². The predicted molar refractivity (Wildman–Crippen MR) is 148 cm³/mol. The number of nitrogens with one attached hydrogen (secondary N) is 1. The molecule has 0 unspecified atom stereocenters. The van der Waals surface area contributed by atoms with Crippen molar-refractivity contribution in [2.45, 2.75) is 29.6 Å². The summed E-state index contributed by atoms with van der Waals surface area (Å²) in [6.07, 6.45) is -1.53. The van der Waals surface area contributed by atoms with Gasteiger partial charge in [-0.2, -0.15) is 0 Å². The van der Waals surface area contributed by atoms with Crippen LogP contribution in [0.5, 0.6) is 11.5 Å². The summed E-state index contributed by atoms with van der Waals surface area (Å²) in [5.74, 6) is 1.39. The van der Waals surface area contributed by atoms with E-state index < -0.39 is 40.9 Å². The molecule has 2 fully saturated rings. The molecule has 0 radical (unpaired) electrons. The molecule has 2 bridgehead atoms. The van der Waals surface area contributed by atoms with E-state index in [1.54, 1.807) is 14.2 Å². The highest BCUT2D eigenvalue weighted by atomic mass is 16.7. The molecule has 0 amide bonds. The average Bonchev–Trinajstić information content (AvgIpc) is 3.47. The smallest absolute Gasteiger partial charge is 0.330 e. The van der Waals surface area contributed by atoms with Crippen LogP contribution in [0.15, 0.2) is 101 Å². The Balaban J connectivity index is 1.44. The van der Waals surface area contributed by atoms with Crippen LogP contribution in [0.2, 0.25) is 0 Å². The van der Waals surface area contributed by atoms with Crippen LogP contribution in [0, 0.1) is 0 Å². The van der Waals surface area contributed by atoms with Crippen LogP contribution in [0.4, 0.5) is 0 Å². The molecule has 3 aromatic carbocycles. The first kappa shape index (κ1) is 27.0. The molecule has 10 heteroatoms. The number of fused-ring (bicyclic) bond motifs is 2. The third-order valence-electron chi connectivity index (χ3n) is 7.84. The minimum absolute atomic E-state index is 0.0591. The monoisotopic (exact) mass is 558 g/mol. The second-order valence-corrected chi connectivity index (χ2v) is 10.1. The number of aliphatic hydroxyl groups is 1. The summed E-state index contributed by atoms with van der Waals surface area (Å²) < 4.78 is 31.3. The highest BCUT2D eigenvalue weighted by Crippen LogP contribution is 2.48. The standard InChI is InChI=1S/C31H30N2O8/c1-37-23-12-8-21(9-13-23)31(20-6-4-3-5-7-20,22-10-14-24(38-2)15-11-22)40-19-30-18-39-26(27(30)35)28(41-30)33-17-16-25(34)32-29(33)36/h3-17,26-28,35H,18-19H2,1-2H3,(H,32,34,36)/t26-,27+,28+,30-/m0/s1. The number of ether oxygens (including phenoxy) is 5. The first-order valence-corrected chi connectivity index (χ1v) is 13.2. The van der Waals surface area contributed by atoms with Gasteiger partial charge in [0.15, 0.2) is 6.23 Å². The number of hydrogen-bond donors (Lipinski definition) is 2. The second-order valence-electron chi connectivity index (χ2n) is 10.1. The summed E-state index contributed by atoms with van der Waals surface area (Å²) >= 11 is 0. The van der Waals surface area contributed by atoms with Crippen molar-refractivity contribution in [3.63, 3.8) is 0 Å². The fourth-order valence-corrected chi connectivity index (χ4v) is 5.67. The Labute approximate surface area is 235 Å². The summed E-state index contributed by atoms with van der Waals surface area (Å²) in [5, 5.41) is 11.4. The summed E-state index contributed by atoms with van der Waals surface area (Å²) in [5.41, 5.74) is -1.10. The molecule has 3 heterocycles. The zero-order valence-electron chi connectivity index (χ0n) is 22.6. The molecule has 41 heavy (non-hydrogen) atoms. The van der Waals surface area contributed by atoms with E-state index >= 15 is 0 Å². The number of H-pyrrole nitrogens is 1. The summed E-state index contributed by atoms with van der Waals surface area (Å²) in [7, 11) is 3.22. The van der Waals surface area contributed by atoms with Gasteiger partial charge in [0.25, 0.3) is 5.56 Å². The van der Waals surface area contributed by atoms with Gasteiger partial charge in [-0.25, -0.2) is 4.79 Å². The Morgan fingerprint density at radius 1 is 0.902 bits per heavy atom. The molecular formula is C31H30N2O8. The third-order valence-corrected chi connectivity index (χ3v) is 7.84. The first-order valence-electron chi connectivity index (χ1n) is 13.2. The van der Waals surface area contributed by atoms with Crippen molar-refractivity contribution in [1.82, 2.24) is 9.55 Å². The molecule has 10 nitrogen and oxygen atoms in total. The van der Waals surface area contributed by atoms with E-state index in [4.69, 9.17) is 23.7 Å². The van der Waals surface area contributed by atoms with E-state index in [0.717, 1.165) is 16.7 Å². The molecule has 4 aromatic rings. The number of aromatic nitrogens is 2. The number of rotatable bonds is 9. The van der Waals surface area contributed by atoms with Gasteiger partial charge in [-0.1, -0.05) is 54.6 Å². The van der Waals surface area contributed by atoms with Crippen molar-refractivity contribution >= 4 is 0 Å². The zero-order valence-corrected chi connectivity index (χ0v) is 22.6. The van der Waals surface area contributed by atoms with E-state index in [1.165, 1.54) is 16.8 Å². The van der Waals surface area contributed by atoms with Gasteiger partial charge in [0.05, 0.1) is 27.4 Å². The van der Waals surface area contributed by atoms with Crippen LogP contribution in [-0.4, -0.2) is 59.9 Å². The average molecular weight is 559 g/mol. The number of benzene rings is 3. The lowest BCUT2D eigenvalue weighted by atomic mass is 9.79. The van der Waals surface area contributed by atoms with Crippen LogP contribution in [0.3, 0.4) is 0 Å². The summed E-state index contributed by atoms with van der Waals surface area (Å²) in [4.78, 5) is 26.4. The van der Waals surface area contributed by atoms with Gasteiger partial charge in [-0.3, -0.25) is 14.3 Å². The number of methoxy groups -OCH3 is 2. The van der Waals surface area contributed by atoms with Gasteiger partial charge in [0.1, 0.15) is 34.9 Å². The minimum atomic E-state index is -1.27. The van der Waals surface area contributed by atoms with Gasteiger partial charge in [-0.15, -0.1) is 0 Å². The maximum atomic E-state index is 12.5. The fraction of sp³-hybridized carbons (Fsp3) is 0.290. The van der Waals surface area contributed by atoms with Crippen molar-refractivity contribution < 1.29 is 28.8 Å². The van der Waals surface area contributed by atoms with E-state index in [2.05, 4.69) is 4.98 Å². The quantitative estimate of drug-likeness (QED) is 0.301. The third kappa shape index (κ3) is 4.54. The predicted octanol–water partition coefficient (Wildman–Crippen LogP) is 2.59. The molecule has 2 aliphatic heterocycles. The minimum Gasteiger partial charge on any atom is -0.497 e. The van der Waals surface area contributed by atoms with Gasteiger partial charge in [0.2, 0.25) is 0 Å². The van der Waals surface area contributed by atoms with Crippen LogP contribution in [0.25, 0.3) is 0 Å². The Bertz CT molecular complexity index is 1570. The van der Waals surface area contributed by atoms with Crippen molar-refractivity contribution in [1.29, 1.82) is 0 Å². The molecule has 212 valence electrons. The van der Waals surface area contributed by atoms with Crippen LogP contribution >= 0.6 is 0 Å². The lowest BCUT2D eigenvalue weighted by Crippen LogP contribution is -2.48. The fourth-order valence-electron chi connectivity index (χ4n) is 5.67. The van der Waals surface area contributed by atoms with Crippen molar-refractivity contribution in [2.24, 2.45) is 0 Å². The maximum absolute atomic E-state index is 12.5. The molecule has 2 aliphatic rings. The van der Waals surface area contributed by atoms with Crippen molar-refractivity contribution in [2.75, 3.05) is 27.4 Å². The number of aliphatic hydroxyl groups excluding tert-OH is 1. The number of aromatic amines is 1. The maximum Gasteiger partial charge on any atom is 0.330 e. The molecule has 2 saturated heterocycles. The van der Waals surface area contributed by atoms with Crippen molar-refractivity contribution in [3.8, 4) is 11.5 Å². The summed E-state index contributed by atoms with van der Waals surface area (Å²) in [6.45, 7) is -0.0181. The van der Waals surface area contributed by atoms with E-state index in [-0.39, 0.29) is 13.2 Å². The Morgan fingerprint density at radius 2 is 1.49 bits per heavy atom. The molecule has 4 atom stereocenters. The Morgan fingerprint density at radius 3 is 2.05 bits per heavy atom. The highest BCUT2D eigenvalue weighted by Gasteiger charge is 2.63. The van der Waals surface area contributed by atoms with Crippen LogP contribution in [-0.2, 0) is 19.8 Å². The SMILES string of the molecule is COc1ccc(C(OC[C@]23CO[C@H]([C@H](n4ccc(=O)[nH]c4=O)O2)[C@H]3O)(c2ccccc2)c2ccc(OC)cc2)cc1. The van der Waals surface area contributed by atoms with E-state index in [9.17, 15) is 14.7 Å². The molecule has 0 aliphatic carbocycles. The normalized spacial score (nSPS) is 23.4. The van der Waals surface area contributed by atoms with Gasteiger partial charge in [0, 0.05) is 12.3 Å². The first-order chi connectivity index (χ1) is 19.9. The largest absolute Gasteiger partial charge is 0.497 e. The molecule has 1 aromatic heterocycles. The lowest BCUT2D eigenvalue weighted by Gasteiger charge is -2.39. The zero-order chi connectivity index (χ0) is 28.6. The topological polar surface area (TPSA) is 121 Å². The van der Waals surface area contributed by atoms with Gasteiger partial charge >= 0.3 is 5.69 Å². The molecule has 2 N–H and O–H groups in total. The lowest BCUT2D eigenvalue weighted by molar-refractivity contribution is -0.204.